The molecule has 0 fully saturated rings. The van der Waals surface area contributed by atoms with Crippen LogP contribution in [0.25, 0.3) is 0 Å². The van der Waals surface area contributed by atoms with Crippen LogP contribution in [0, 0.1) is 20.8 Å². The molecule has 1 aliphatic rings. The molecule has 296 valence electrons. The molecule has 0 saturated carbocycles. The zero-order chi connectivity index (χ0) is 39.1. The number of fused-ring (bicyclic) bond motifs is 1. The molecule has 0 aliphatic carbocycles. The smallest absolute Gasteiger partial charge is 0.250 e. The van der Waals surface area contributed by atoms with E-state index in [1.807, 2.05) is 0 Å². The van der Waals surface area contributed by atoms with Crippen LogP contribution in [0.2, 0.25) is 18.1 Å². The summed E-state index contributed by atoms with van der Waals surface area (Å²) in [6.45, 7) is 25.3. The maximum atomic E-state index is 6.92. The largest absolute Gasteiger partial charge is 1.00 e. The van der Waals surface area contributed by atoms with Crippen molar-refractivity contribution < 1.29 is 33.1 Å². The Morgan fingerprint density at radius 3 is 1.75 bits per heavy atom. The first-order chi connectivity index (χ1) is 25.6. The Kier molecular flexibility index (Phi) is 15.7. The number of benzene rings is 4. The van der Waals surface area contributed by atoms with Crippen molar-refractivity contribution >= 4 is 31.5 Å². The van der Waals surface area contributed by atoms with Gasteiger partial charge in [-0.3, -0.25) is 0 Å². The summed E-state index contributed by atoms with van der Waals surface area (Å²) in [6, 6.07) is 33.8. The summed E-state index contributed by atoms with van der Waals surface area (Å²) in [7, 11) is -3.72. The highest BCUT2D eigenvalue weighted by Gasteiger charge is 2.45. The lowest BCUT2D eigenvalue weighted by molar-refractivity contribution is -0.0000173. The molecule has 1 aliphatic heterocycles. The molecule has 4 aromatic carbocycles. The summed E-state index contributed by atoms with van der Waals surface area (Å²) < 4.78 is 13.8. The summed E-state index contributed by atoms with van der Waals surface area (Å²) >= 11 is 0. The molecule has 1 heterocycles. The van der Waals surface area contributed by atoms with Gasteiger partial charge < -0.3 is 33.1 Å². The predicted molar refractivity (Wildman–Crippen MR) is 241 cm³/mol. The van der Waals surface area contributed by atoms with Crippen molar-refractivity contribution in [2.24, 2.45) is 0 Å². The fraction of sp³-hybridized carbons (Fsp3) is 0.440. The third-order valence-corrected chi connectivity index (χ3v) is 21.4. The lowest BCUT2D eigenvalue weighted by atomic mass is 9.85. The van der Waals surface area contributed by atoms with Gasteiger partial charge in [0.15, 0.2) is 0 Å². The van der Waals surface area contributed by atoms with Crippen molar-refractivity contribution in [2.75, 3.05) is 6.16 Å². The average Bonchev–Trinajstić information content (AvgIpc) is 3.15. The molecule has 0 saturated heterocycles. The number of ether oxygens (including phenoxy) is 1. The van der Waals surface area contributed by atoms with E-state index in [9.17, 15) is 0 Å². The highest BCUT2D eigenvalue weighted by atomic mass is 127. The first-order valence-electron chi connectivity index (χ1n) is 20.4. The van der Waals surface area contributed by atoms with Crippen molar-refractivity contribution in [1.82, 2.24) is 0 Å². The predicted octanol–water partition coefficient (Wildman–Crippen LogP) is 10.3. The van der Waals surface area contributed by atoms with Gasteiger partial charge in [-0.25, -0.2) is 0 Å². The minimum absolute atomic E-state index is 0. The van der Waals surface area contributed by atoms with Crippen molar-refractivity contribution in [3.05, 3.63) is 137 Å². The van der Waals surface area contributed by atoms with E-state index in [0.717, 1.165) is 56.4 Å². The van der Waals surface area contributed by atoms with Crippen molar-refractivity contribution in [2.45, 2.75) is 137 Å². The van der Waals surface area contributed by atoms with Crippen LogP contribution in [0.15, 0.2) is 114 Å². The number of halogens is 1. The van der Waals surface area contributed by atoms with Gasteiger partial charge in [0, 0.05) is 5.56 Å². The van der Waals surface area contributed by atoms with Crippen LogP contribution in [0.3, 0.4) is 0 Å². The zero-order valence-electron chi connectivity index (χ0n) is 35.8. The van der Waals surface area contributed by atoms with Crippen molar-refractivity contribution in [1.29, 1.82) is 0 Å². The molecule has 4 aromatic rings. The Labute approximate surface area is 354 Å². The van der Waals surface area contributed by atoms with Crippen LogP contribution in [0.5, 0.6) is 11.5 Å². The van der Waals surface area contributed by atoms with Gasteiger partial charge in [0.2, 0.25) is 0 Å². The van der Waals surface area contributed by atoms with Gasteiger partial charge >= 0.3 is 0 Å². The van der Waals surface area contributed by atoms with Crippen LogP contribution in [-0.4, -0.2) is 20.1 Å². The zero-order valence-corrected chi connectivity index (χ0v) is 39.9. The minimum Gasteiger partial charge on any atom is -1.00 e. The Morgan fingerprint density at radius 2 is 1.24 bits per heavy atom. The van der Waals surface area contributed by atoms with Gasteiger partial charge in [0.05, 0.1) is 6.16 Å². The molecule has 0 amide bonds. The molecule has 0 bridgehead atoms. The summed E-state index contributed by atoms with van der Waals surface area (Å²) in [5.41, 5.74) is 7.96. The third-order valence-electron chi connectivity index (χ3n) is 12.6. The number of hydrogen-bond donors (Lipinski definition) is 0. The summed E-state index contributed by atoms with van der Waals surface area (Å²) in [4.78, 5) is 0. The standard InChI is InChI=1S/C50H68O2PSi.HI/c1-38(26-22-35-50(9)36-34-46-42(5)47(40(3)41(4)48(46)51-50)52-54(10,11)49(6,7)8)24-21-25-39(2)27-23-37-53(43-28-15-12-16-29-43,44-30-17-13-18-31-44)45-32-19-14-20-33-45;/h12-20,25-26,28-33H,21-24,27,34-37H2,1-11H3;1H/q+1;/p-1/b38-26+,39-25+;/t50-;/m1./s1. The maximum absolute atomic E-state index is 6.92. The summed E-state index contributed by atoms with van der Waals surface area (Å²) in [5, 5.41) is 4.59. The third kappa shape index (κ3) is 10.6. The topological polar surface area (TPSA) is 18.5 Å². The minimum atomic E-state index is -1.95. The maximum Gasteiger partial charge on any atom is 0.250 e. The second-order valence-electron chi connectivity index (χ2n) is 17.7. The average molecular weight is 887 g/mol. The quantitative estimate of drug-likeness (QED) is 0.0513. The molecule has 0 radical (unpaired) electrons. The molecule has 1 atom stereocenters. The lowest BCUT2D eigenvalue weighted by Gasteiger charge is -2.41. The van der Waals surface area contributed by atoms with E-state index in [4.69, 9.17) is 9.16 Å². The van der Waals surface area contributed by atoms with E-state index >= 15 is 0 Å². The van der Waals surface area contributed by atoms with Crippen LogP contribution < -0.4 is 49.1 Å². The fourth-order valence-corrected chi connectivity index (χ4v) is 13.3. The van der Waals surface area contributed by atoms with Crippen molar-refractivity contribution in [3.8, 4) is 11.5 Å². The molecule has 0 spiro atoms. The SMILES string of the molecule is C/C(=C\CC[C@]1(C)CCc2c(C)c(O[Si](C)(C)C(C)(C)C)c(C)c(C)c2O1)CC/C=C(\C)CCC[P+](c1ccccc1)(c1ccccc1)c1ccccc1.[I-]. The molecule has 5 heteroatoms. The molecular formula is C50H68IO2PSi. The monoisotopic (exact) mass is 886 g/mol. The summed E-state index contributed by atoms with van der Waals surface area (Å²) in [5.74, 6) is 2.22. The normalized spacial score (nSPS) is 16.6. The van der Waals surface area contributed by atoms with Gasteiger partial charge in [-0.1, -0.05) is 98.7 Å². The van der Waals surface area contributed by atoms with Crippen molar-refractivity contribution in [3.63, 3.8) is 0 Å². The fourth-order valence-electron chi connectivity index (χ4n) is 7.87. The molecule has 0 N–H and O–H groups in total. The van der Waals surface area contributed by atoms with E-state index in [2.05, 4.69) is 179 Å². The van der Waals surface area contributed by atoms with Crippen LogP contribution >= 0.6 is 7.26 Å². The van der Waals surface area contributed by atoms with E-state index in [-0.39, 0.29) is 34.6 Å². The molecule has 2 nitrogen and oxygen atoms in total. The highest BCUT2D eigenvalue weighted by molar-refractivity contribution is 7.95. The molecule has 5 rings (SSSR count). The number of rotatable bonds is 15. The Bertz CT molecular complexity index is 1810. The van der Waals surface area contributed by atoms with E-state index < -0.39 is 15.6 Å². The summed E-state index contributed by atoms with van der Waals surface area (Å²) in [6.07, 6.45) is 14.8. The van der Waals surface area contributed by atoms with Gasteiger partial charge in [0.1, 0.15) is 40.3 Å². The van der Waals surface area contributed by atoms with Gasteiger partial charge in [-0.2, -0.15) is 0 Å². The Balaban J connectivity index is 0.00000673. The Hall–Kier alpha value is -2.66. The lowest BCUT2D eigenvalue weighted by Crippen LogP contribution is -3.00. The first kappa shape index (κ1) is 45.0. The first-order valence-corrected chi connectivity index (χ1v) is 25.3. The molecular weight excluding hydrogens is 819 g/mol. The second kappa shape index (κ2) is 19.2. The van der Waals surface area contributed by atoms with E-state index in [1.54, 1.807) is 0 Å². The number of hydrogen-bond acceptors (Lipinski definition) is 2. The molecule has 0 aromatic heterocycles. The van der Waals surface area contributed by atoms with Gasteiger partial charge in [-0.15, -0.1) is 0 Å². The van der Waals surface area contributed by atoms with E-state index in [0.29, 0.717) is 0 Å². The molecule has 55 heavy (non-hydrogen) atoms. The van der Waals surface area contributed by atoms with Crippen LogP contribution in [-0.2, 0) is 6.42 Å². The van der Waals surface area contributed by atoms with Gasteiger partial charge in [-0.05, 0) is 164 Å². The van der Waals surface area contributed by atoms with Gasteiger partial charge in [0.25, 0.3) is 8.32 Å². The second-order valence-corrected chi connectivity index (χ2v) is 26.1. The molecule has 0 unspecified atom stereocenters. The Morgan fingerprint density at radius 1 is 0.745 bits per heavy atom. The van der Waals surface area contributed by atoms with Crippen LogP contribution in [0.4, 0.5) is 0 Å². The van der Waals surface area contributed by atoms with Crippen LogP contribution in [0.1, 0.15) is 109 Å². The highest BCUT2D eigenvalue weighted by Crippen LogP contribution is 2.56. The number of allylic oxidation sites excluding steroid dienone is 4. The van der Waals surface area contributed by atoms with E-state index in [1.165, 1.54) is 61.9 Å².